The molecule has 324 valence electrons. The lowest BCUT2D eigenvalue weighted by Gasteiger charge is -2.60. The Balaban J connectivity index is 1.26. The van der Waals surface area contributed by atoms with Gasteiger partial charge in [-0.15, -0.1) is 0 Å². The lowest BCUT2D eigenvalue weighted by atomic mass is 9.45. The Morgan fingerprint density at radius 1 is 1.02 bits per heavy atom. The lowest BCUT2D eigenvalue weighted by molar-refractivity contribution is -0.122. The van der Waals surface area contributed by atoms with Gasteiger partial charge in [-0.25, -0.2) is 9.18 Å². The fourth-order valence-electron chi connectivity index (χ4n) is 12.6. The first-order chi connectivity index (χ1) is 27.9. The fourth-order valence-corrected chi connectivity index (χ4v) is 12.9. The number of nitrogens with zero attached hydrogens (tertiary/aromatic N) is 1. The average Bonchev–Trinajstić information content (AvgIpc) is 3.43. The van der Waals surface area contributed by atoms with Gasteiger partial charge in [0.05, 0.1) is 18.2 Å². The third-order valence-electron chi connectivity index (χ3n) is 16.8. The van der Waals surface area contributed by atoms with Crippen LogP contribution in [-0.2, 0) is 17.6 Å². The number of ether oxygens (including phenoxy) is 1. The molecule has 4 bridgehead atoms. The summed E-state index contributed by atoms with van der Waals surface area (Å²) in [7, 11) is 0. The normalized spacial score (nSPS) is 34.3. The van der Waals surface area contributed by atoms with Crippen LogP contribution in [0.15, 0.2) is 48.0 Å². The molecule has 7 aliphatic carbocycles. The number of benzene rings is 2. The summed E-state index contributed by atoms with van der Waals surface area (Å²) in [6.45, 7) is 16.5. The highest BCUT2D eigenvalue weighted by Gasteiger charge is 2.59. The molecule has 6 nitrogen and oxygen atoms in total. The molecular formula is C51H71ClFNO5. The molecule has 1 amide bonds. The quantitative estimate of drug-likeness (QED) is 0.194. The maximum absolute atomic E-state index is 15.1. The Labute approximate surface area is 358 Å². The molecule has 8 heteroatoms. The molecule has 5 fully saturated rings. The molecule has 0 aromatic heterocycles. The Kier molecular flexibility index (Phi) is 13.2. The van der Waals surface area contributed by atoms with E-state index in [1.807, 2.05) is 23.1 Å². The van der Waals surface area contributed by atoms with Gasteiger partial charge in [0, 0.05) is 34.5 Å². The number of carbonyl (C=O) groups is 2. The number of amides is 1. The molecule has 9 rings (SSSR count). The minimum atomic E-state index is -1.27. The molecule has 0 spiro atoms. The summed E-state index contributed by atoms with van der Waals surface area (Å²) in [5, 5.41) is 24.7. The van der Waals surface area contributed by atoms with Gasteiger partial charge in [-0.1, -0.05) is 89.4 Å². The Bertz CT molecular complexity index is 1870. The monoisotopic (exact) mass is 832 g/mol. The molecule has 0 unspecified atom stereocenters. The van der Waals surface area contributed by atoms with Gasteiger partial charge < -0.3 is 19.8 Å². The van der Waals surface area contributed by atoms with Crippen LogP contribution in [0.3, 0.4) is 0 Å². The number of hydrogen-bond acceptors (Lipinski definition) is 5. The number of aliphatic hydroxyl groups is 2. The van der Waals surface area contributed by atoms with Crippen molar-refractivity contribution in [3.8, 4) is 0 Å². The smallest absolute Gasteiger partial charge is 0.410 e. The Morgan fingerprint density at radius 3 is 2.51 bits per heavy atom. The molecule has 2 aromatic carbocycles. The number of ketones is 1. The predicted molar refractivity (Wildman–Crippen MR) is 234 cm³/mol. The van der Waals surface area contributed by atoms with Gasteiger partial charge in [0.1, 0.15) is 11.9 Å². The second kappa shape index (κ2) is 17.6. The molecule has 0 aliphatic heterocycles. The van der Waals surface area contributed by atoms with E-state index in [9.17, 15) is 19.8 Å². The number of carbonyl (C=O) groups excluding carboxylic acids is 2. The van der Waals surface area contributed by atoms with Crippen LogP contribution in [0.1, 0.15) is 158 Å². The molecule has 2 aromatic rings. The van der Waals surface area contributed by atoms with Gasteiger partial charge in [0.2, 0.25) is 0 Å². The highest BCUT2D eigenvalue weighted by molar-refractivity contribution is 6.31. The molecule has 2 N–H and O–H groups in total. The first kappa shape index (κ1) is 44.3. The SMILES string of the molecule is CC1=CCC[C@@]2(C)[C@@H](CC[C@@]2(O)CN(C[C@@H]2CC[C@H]3C[C@@H]2C3(C)C)C(=O)O[C@H]2C[C@@H](C)CC[C@@H]2C(C)C)c2ccc(cc2C(=O)Cc2c(F)cccc2Cl)C[C@@H](O)CC1. The largest absolute Gasteiger partial charge is 0.446 e. The molecule has 10 atom stereocenters. The van der Waals surface area contributed by atoms with E-state index >= 15 is 4.39 Å². The number of hydrogen-bond donors (Lipinski definition) is 2. The van der Waals surface area contributed by atoms with Gasteiger partial charge in [0.15, 0.2) is 5.78 Å². The summed E-state index contributed by atoms with van der Waals surface area (Å²) >= 11 is 6.46. The number of Topliss-reactive ketones (excluding diaryl/α,β-unsaturated/α-hetero) is 1. The molecule has 0 saturated heterocycles. The van der Waals surface area contributed by atoms with E-state index in [1.54, 1.807) is 12.1 Å². The van der Waals surface area contributed by atoms with Crippen molar-refractivity contribution in [2.24, 2.45) is 46.3 Å². The number of allylic oxidation sites excluding steroid dienone is 2. The Hall–Kier alpha value is -2.74. The summed E-state index contributed by atoms with van der Waals surface area (Å²) in [6.07, 6.45) is 11.7. The molecule has 7 aliphatic rings. The summed E-state index contributed by atoms with van der Waals surface area (Å²) < 4.78 is 21.8. The van der Waals surface area contributed by atoms with Crippen LogP contribution in [0.5, 0.6) is 0 Å². The van der Waals surface area contributed by atoms with Crippen LogP contribution >= 0.6 is 11.6 Å². The number of rotatable bonds is 9. The van der Waals surface area contributed by atoms with Crippen molar-refractivity contribution in [3.05, 3.63) is 81.1 Å². The number of aliphatic hydroxyl groups excluding tert-OH is 1. The lowest BCUT2D eigenvalue weighted by Crippen LogP contribution is -2.58. The van der Waals surface area contributed by atoms with Crippen LogP contribution in [0.25, 0.3) is 0 Å². The van der Waals surface area contributed by atoms with Crippen LogP contribution in [-0.4, -0.2) is 57.9 Å². The summed E-state index contributed by atoms with van der Waals surface area (Å²) in [6, 6.07) is 10.4. The van der Waals surface area contributed by atoms with Crippen molar-refractivity contribution in [3.63, 3.8) is 0 Å². The van der Waals surface area contributed by atoms with E-state index in [1.165, 1.54) is 24.5 Å². The van der Waals surface area contributed by atoms with Crippen LogP contribution in [0, 0.1) is 52.2 Å². The highest BCUT2D eigenvalue weighted by Crippen LogP contribution is 2.62. The van der Waals surface area contributed by atoms with Crippen molar-refractivity contribution in [1.82, 2.24) is 4.90 Å². The standard InChI is InChI=1S/C51H71ClFNO5/c1-31(2)38-19-14-33(4)24-47(38)59-48(57)54(29-35-16-17-36-27-43(35)49(36,5)6)30-51(58)23-21-42-39-20-15-34(25-37(55)18-13-32(3)10-9-22-50(42,51)7)26-40(39)46(56)28-41-44(52)11-8-12-45(41)53/h8,10-12,15,20,26,31,33,35-38,42-43,47,55,58H,9,13-14,16-19,21-25,27-30H2,1-7H3/t33-,35-,36-,37-,38+,42-,43-,47-,50-,51+/m0/s1. The summed E-state index contributed by atoms with van der Waals surface area (Å²) in [5.41, 5.74) is 1.78. The van der Waals surface area contributed by atoms with Crippen LogP contribution in [0.4, 0.5) is 9.18 Å². The maximum Gasteiger partial charge on any atom is 0.410 e. The second-order valence-corrected chi connectivity index (χ2v) is 21.5. The molecule has 5 saturated carbocycles. The van der Waals surface area contributed by atoms with Crippen molar-refractivity contribution in [2.45, 2.75) is 162 Å². The zero-order valence-electron chi connectivity index (χ0n) is 36.9. The minimum absolute atomic E-state index is 0.151. The zero-order chi connectivity index (χ0) is 42.4. The first-order valence-electron chi connectivity index (χ1n) is 23.0. The minimum Gasteiger partial charge on any atom is -0.446 e. The van der Waals surface area contributed by atoms with Gasteiger partial charge in [0.25, 0.3) is 0 Å². The van der Waals surface area contributed by atoms with E-state index in [2.05, 4.69) is 54.5 Å². The van der Waals surface area contributed by atoms with E-state index in [0.29, 0.717) is 80.2 Å². The van der Waals surface area contributed by atoms with Crippen molar-refractivity contribution >= 4 is 23.5 Å². The highest BCUT2D eigenvalue weighted by atomic mass is 35.5. The van der Waals surface area contributed by atoms with Gasteiger partial charge in [-0.05, 0) is 160 Å². The third-order valence-corrected chi connectivity index (χ3v) is 17.1. The van der Waals surface area contributed by atoms with Crippen molar-refractivity contribution in [2.75, 3.05) is 13.1 Å². The number of fused-ring (bicyclic) bond motifs is 10. The van der Waals surface area contributed by atoms with Crippen LogP contribution in [0.2, 0.25) is 5.02 Å². The van der Waals surface area contributed by atoms with Crippen molar-refractivity contribution in [1.29, 1.82) is 0 Å². The third kappa shape index (κ3) is 8.96. The average molecular weight is 833 g/mol. The first-order valence-corrected chi connectivity index (χ1v) is 23.4. The molecule has 0 heterocycles. The van der Waals surface area contributed by atoms with E-state index in [4.69, 9.17) is 16.3 Å². The number of halogens is 2. The molecule has 0 radical (unpaired) electrons. The second-order valence-electron chi connectivity index (χ2n) is 21.1. The van der Waals surface area contributed by atoms with Gasteiger partial charge in [-0.2, -0.15) is 0 Å². The topological polar surface area (TPSA) is 87.1 Å². The van der Waals surface area contributed by atoms with Gasteiger partial charge >= 0.3 is 6.09 Å². The van der Waals surface area contributed by atoms with Crippen molar-refractivity contribution < 1.29 is 28.9 Å². The maximum atomic E-state index is 15.1. The molecule has 59 heavy (non-hydrogen) atoms. The van der Waals surface area contributed by atoms with E-state index in [-0.39, 0.29) is 52.9 Å². The Morgan fingerprint density at radius 2 is 1.80 bits per heavy atom. The zero-order valence-corrected chi connectivity index (χ0v) is 37.6. The summed E-state index contributed by atoms with van der Waals surface area (Å²) in [4.78, 5) is 31.2. The van der Waals surface area contributed by atoms with Gasteiger partial charge in [-0.3, -0.25) is 4.79 Å². The van der Waals surface area contributed by atoms with E-state index in [0.717, 1.165) is 49.1 Å². The fraction of sp³-hybridized carbons (Fsp3) is 0.686. The molecular weight excluding hydrogens is 761 g/mol. The van der Waals surface area contributed by atoms with E-state index < -0.39 is 22.9 Å². The van der Waals surface area contributed by atoms with Crippen LogP contribution < -0.4 is 0 Å². The predicted octanol–water partition coefficient (Wildman–Crippen LogP) is 11.9. The summed E-state index contributed by atoms with van der Waals surface area (Å²) in [5.74, 6) is 1.83.